The molecule has 0 saturated carbocycles. The molecule has 1 heterocycles. The summed E-state index contributed by atoms with van der Waals surface area (Å²) in [5, 5.41) is 3.02. The maximum absolute atomic E-state index is 12.8. The van der Waals surface area contributed by atoms with Crippen LogP contribution in [-0.2, 0) is 22.7 Å². The van der Waals surface area contributed by atoms with Gasteiger partial charge in [0.2, 0.25) is 11.8 Å². The highest BCUT2D eigenvalue weighted by Gasteiger charge is 2.36. The highest BCUT2D eigenvalue weighted by Crippen LogP contribution is 2.33. The number of nitrogens with one attached hydrogen (secondary N) is 1. The molecule has 1 N–H and O–H groups in total. The van der Waals surface area contributed by atoms with Crippen molar-refractivity contribution in [1.29, 1.82) is 0 Å². The number of carbonyl (C=O) groups is 2. The Morgan fingerprint density at radius 1 is 1.14 bits per heavy atom. The molecular weight excluding hydrogens is 366 g/mol. The Bertz CT molecular complexity index is 866. The lowest BCUT2D eigenvalue weighted by molar-refractivity contribution is -0.126. The van der Waals surface area contributed by atoms with Crippen molar-refractivity contribution >= 4 is 17.5 Å². The van der Waals surface area contributed by atoms with Crippen LogP contribution in [0.2, 0.25) is 0 Å². The Labute approximate surface area is 172 Å². The number of hydrogen-bond acceptors (Lipinski definition) is 4. The first kappa shape index (κ1) is 20.9. The van der Waals surface area contributed by atoms with Gasteiger partial charge in [-0.15, -0.1) is 0 Å². The molecule has 1 aliphatic heterocycles. The van der Waals surface area contributed by atoms with Gasteiger partial charge < -0.3 is 19.9 Å². The maximum Gasteiger partial charge on any atom is 0.227 e. The Morgan fingerprint density at radius 3 is 2.55 bits per heavy atom. The first-order valence-corrected chi connectivity index (χ1v) is 10.0. The second kappa shape index (κ2) is 9.56. The van der Waals surface area contributed by atoms with Gasteiger partial charge in [0.25, 0.3) is 0 Å². The fraction of sp³-hybridized carbons (Fsp3) is 0.391. The van der Waals surface area contributed by atoms with Crippen molar-refractivity contribution in [1.82, 2.24) is 10.2 Å². The fourth-order valence-corrected chi connectivity index (χ4v) is 3.63. The van der Waals surface area contributed by atoms with E-state index in [0.29, 0.717) is 25.4 Å². The molecule has 2 amide bonds. The lowest BCUT2D eigenvalue weighted by Crippen LogP contribution is -2.33. The zero-order chi connectivity index (χ0) is 20.8. The van der Waals surface area contributed by atoms with E-state index >= 15 is 0 Å². The van der Waals surface area contributed by atoms with Gasteiger partial charge in [-0.1, -0.05) is 36.4 Å². The average molecular weight is 396 g/mol. The second-order valence-corrected chi connectivity index (χ2v) is 7.53. The van der Waals surface area contributed by atoms with Crippen LogP contribution in [0.4, 0.5) is 5.69 Å². The minimum atomic E-state index is -0.363. The summed E-state index contributed by atoms with van der Waals surface area (Å²) in [5.74, 6) is 0.167. The van der Waals surface area contributed by atoms with E-state index < -0.39 is 0 Å². The topological polar surface area (TPSA) is 61.9 Å². The van der Waals surface area contributed by atoms with Gasteiger partial charge in [0.15, 0.2) is 0 Å². The number of ether oxygens (including phenoxy) is 1. The molecule has 0 radical (unpaired) electrons. The number of benzene rings is 2. The van der Waals surface area contributed by atoms with Gasteiger partial charge in [0.05, 0.1) is 18.2 Å². The lowest BCUT2D eigenvalue weighted by atomic mass is 10.1. The third kappa shape index (κ3) is 5.15. The summed E-state index contributed by atoms with van der Waals surface area (Å²) < 4.78 is 5.65. The molecule has 3 rings (SSSR count). The molecule has 1 saturated heterocycles. The third-order valence-electron chi connectivity index (χ3n) is 5.01. The van der Waals surface area contributed by atoms with E-state index in [9.17, 15) is 9.59 Å². The normalized spacial score (nSPS) is 16.3. The zero-order valence-electron chi connectivity index (χ0n) is 17.4. The maximum atomic E-state index is 12.8. The Morgan fingerprint density at radius 2 is 1.83 bits per heavy atom. The Hall–Kier alpha value is -2.86. The number of nitrogens with zero attached hydrogens (tertiary/aromatic N) is 2. The summed E-state index contributed by atoms with van der Waals surface area (Å²) in [6, 6.07) is 15.6. The van der Waals surface area contributed by atoms with Crippen molar-refractivity contribution in [2.24, 2.45) is 5.92 Å². The van der Waals surface area contributed by atoms with E-state index in [0.717, 1.165) is 17.8 Å². The molecule has 2 aromatic rings. The quantitative estimate of drug-likeness (QED) is 0.747. The number of carbonyl (C=O) groups excluding carboxylic acids is 2. The van der Waals surface area contributed by atoms with Crippen molar-refractivity contribution in [2.75, 3.05) is 32.1 Å². The van der Waals surface area contributed by atoms with Crippen LogP contribution in [0.3, 0.4) is 0 Å². The molecule has 1 aliphatic rings. The predicted molar refractivity (Wildman–Crippen MR) is 114 cm³/mol. The summed E-state index contributed by atoms with van der Waals surface area (Å²) in [6.07, 6.45) is 0.214. The average Bonchev–Trinajstić information content (AvgIpc) is 3.09. The lowest BCUT2D eigenvalue weighted by Gasteiger charge is -2.20. The fourth-order valence-electron chi connectivity index (χ4n) is 3.63. The van der Waals surface area contributed by atoms with Crippen molar-refractivity contribution in [2.45, 2.75) is 26.4 Å². The van der Waals surface area contributed by atoms with Gasteiger partial charge >= 0.3 is 0 Å². The van der Waals surface area contributed by atoms with E-state index in [4.69, 9.17) is 4.74 Å². The SMILES string of the molecule is CCOc1ccccc1N1C[C@H](C(=O)NCc2ccccc2CN(C)C)CC1=O. The highest BCUT2D eigenvalue weighted by molar-refractivity contribution is 6.01. The number of anilines is 1. The van der Waals surface area contributed by atoms with Gasteiger partial charge in [0, 0.05) is 26.1 Å². The summed E-state index contributed by atoms with van der Waals surface area (Å²) in [4.78, 5) is 29.1. The monoisotopic (exact) mass is 395 g/mol. The van der Waals surface area contributed by atoms with Crippen LogP contribution in [0.15, 0.2) is 48.5 Å². The number of rotatable bonds is 8. The van der Waals surface area contributed by atoms with E-state index in [-0.39, 0.29) is 24.2 Å². The molecule has 6 nitrogen and oxygen atoms in total. The van der Waals surface area contributed by atoms with Gasteiger partial charge in [-0.3, -0.25) is 9.59 Å². The summed E-state index contributed by atoms with van der Waals surface area (Å²) >= 11 is 0. The van der Waals surface area contributed by atoms with Crippen LogP contribution < -0.4 is 15.0 Å². The summed E-state index contributed by atoms with van der Waals surface area (Å²) in [7, 11) is 4.04. The molecule has 0 unspecified atom stereocenters. The molecule has 2 aromatic carbocycles. The minimum absolute atomic E-state index is 0.0506. The molecule has 0 aliphatic carbocycles. The van der Waals surface area contributed by atoms with E-state index in [1.165, 1.54) is 5.56 Å². The number of amides is 2. The predicted octanol–water partition coefficient (Wildman–Crippen LogP) is 2.82. The number of hydrogen-bond donors (Lipinski definition) is 1. The minimum Gasteiger partial charge on any atom is -0.492 e. The molecular formula is C23H29N3O3. The molecule has 1 fully saturated rings. The van der Waals surface area contributed by atoms with Crippen LogP contribution in [0, 0.1) is 5.92 Å². The van der Waals surface area contributed by atoms with E-state index in [1.807, 2.05) is 63.5 Å². The third-order valence-corrected chi connectivity index (χ3v) is 5.01. The largest absolute Gasteiger partial charge is 0.492 e. The Balaban J connectivity index is 1.65. The Kier molecular flexibility index (Phi) is 6.88. The zero-order valence-corrected chi connectivity index (χ0v) is 17.4. The second-order valence-electron chi connectivity index (χ2n) is 7.53. The summed E-state index contributed by atoms with van der Waals surface area (Å²) in [6.45, 7) is 4.08. The summed E-state index contributed by atoms with van der Waals surface area (Å²) in [5.41, 5.74) is 3.01. The van der Waals surface area contributed by atoms with Crippen LogP contribution in [-0.4, -0.2) is 44.0 Å². The van der Waals surface area contributed by atoms with Crippen molar-refractivity contribution in [3.05, 3.63) is 59.7 Å². The van der Waals surface area contributed by atoms with E-state index in [2.05, 4.69) is 16.3 Å². The van der Waals surface area contributed by atoms with Crippen LogP contribution in [0.1, 0.15) is 24.5 Å². The smallest absolute Gasteiger partial charge is 0.227 e. The first-order valence-electron chi connectivity index (χ1n) is 10.0. The van der Waals surface area contributed by atoms with Crippen molar-refractivity contribution in [3.8, 4) is 5.75 Å². The van der Waals surface area contributed by atoms with Gasteiger partial charge in [0.1, 0.15) is 5.75 Å². The molecule has 29 heavy (non-hydrogen) atoms. The van der Waals surface area contributed by atoms with Gasteiger partial charge in [-0.05, 0) is 44.3 Å². The van der Waals surface area contributed by atoms with Crippen molar-refractivity contribution in [3.63, 3.8) is 0 Å². The highest BCUT2D eigenvalue weighted by atomic mass is 16.5. The molecule has 0 aromatic heterocycles. The standard InChI is InChI=1S/C23H29N3O3/c1-4-29-21-12-8-7-11-20(21)26-16-19(13-22(26)27)23(28)24-14-17-9-5-6-10-18(17)15-25(2)3/h5-12,19H,4,13-16H2,1-3H3,(H,24,28)/t19-/m1/s1. The van der Waals surface area contributed by atoms with Crippen molar-refractivity contribution < 1.29 is 14.3 Å². The van der Waals surface area contributed by atoms with Gasteiger partial charge in [-0.25, -0.2) is 0 Å². The van der Waals surface area contributed by atoms with Crippen LogP contribution in [0.25, 0.3) is 0 Å². The first-order chi connectivity index (χ1) is 14.0. The molecule has 0 bridgehead atoms. The number of para-hydroxylation sites is 2. The van der Waals surface area contributed by atoms with E-state index in [1.54, 1.807) is 4.90 Å². The van der Waals surface area contributed by atoms with Crippen LogP contribution >= 0.6 is 0 Å². The molecule has 6 heteroatoms. The molecule has 154 valence electrons. The van der Waals surface area contributed by atoms with Crippen LogP contribution in [0.5, 0.6) is 5.75 Å². The molecule has 1 atom stereocenters. The van der Waals surface area contributed by atoms with Gasteiger partial charge in [-0.2, -0.15) is 0 Å². The molecule has 0 spiro atoms.